The topological polar surface area (TPSA) is 81.1 Å². The lowest BCUT2D eigenvalue weighted by molar-refractivity contribution is 0.0168. The zero-order chi connectivity index (χ0) is 13.1. The third kappa shape index (κ3) is 2.93. The Balaban J connectivity index is 1.50. The van der Waals surface area contributed by atoms with Crippen LogP contribution in [0, 0.1) is 0 Å². The lowest BCUT2D eigenvalue weighted by Gasteiger charge is -2.26. The first-order valence-electron chi connectivity index (χ1n) is 6.85. The average molecular weight is 265 g/mol. The van der Waals surface area contributed by atoms with Crippen molar-refractivity contribution in [3.8, 4) is 0 Å². The number of hydrogen-bond acceptors (Lipinski definition) is 5. The Hall–Kier alpha value is -1.47. The first-order valence-corrected chi connectivity index (χ1v) is 6.85. The molecule has 7 heteroatoms. The summed E-state index contributed by atoms with van der Waals surface area (Å²) in [5.74, 6) is -0.173. The molecule has 1 atom stereocenters. The van der Waals surface area contributed by atoms with Crippen LogP contribution in [-0.4, -0.2) is 53.2 Å². The number of hydrogen-bond donors (Lipinski definition) is 2. The number of rotatable bonds is 4. The number of amides is 1. The van der Waals surface area contributed by atoms with Crippen molar-refractivity contribution in [2.24, 2.45) is 0 Å². The summed E-state index contributed by atoms with van der Waals surface area (Å²) in [5.41, 5.74) is 0.378. The van der Waals surface area contributed by atoms with Gasteiger partial charge in [0.25, 0.3) is 5.91 Å². The largest absolute Gasteiger partial charge is 0.376 e. The van der Waals surface area contributed by atoms with Crippen LogP contribution in [0.4, 0.5) is 0 Å². The van der Waals surface area contributed by atoms with E-state index in [-0.39, 0.29) is 12.0 Å². The van der Waals surface area contributed by atoms with E-state index < -0.39 is 0 Å². The number of carbonyl (C=O) groups is 1. The minimum absolute atomic E-state index is 0.142. The Kier molecular flexibility index (Phi) is 3.74. The predicted octanol–water partition coefficient (Wildman–Crippen LogP) is -0.279. The predicted molar refractivity (Wildman–Crippen MR) is 67.9 cm³/mol. The minimum Gasteiger partial charge on any atom is -0.376 e. The number of ether oxygens (including phenoxy) is 1. The van der Waals surface area contributed by atoms with E-state index >= 15 is 0 Å². The maximum atomic E-state index is 11.9. The highest BCUT2D eigenvalue weighted by Crippen LogP contribution is 2.12. The average Bonchev–Trinajstić information content (AvgIpc) is 2.84. The van der Waals surface area contributed by atoms with Crippen LogP contribution in [0.15, 0.2) is 6.20 Å². The molecule has 0 radical (unpaired) electrons. The van der Waals surface area contributed by atoms with Gasteiger partial charge in [-0.3, -0.25) is 4.79 Å². The summed E-state index contributed by atoms with van der Waals surface area (Å²) in [7, 11) is 0. The fourth-order valence-corrected chi connectivity index (χ4v) is 2.29. The molecule has 2 N–H and O–H groups in total. The normalized spacial score (nSPS) is 23.9. The van der Waals surface area contributed by atoms with Crippen molar-refractivity contribution in [1.29, 1.82) is 0 Å². The second-order valence-corrected chi connectivity index (χ2v) is 5.09. The first kappa shape index (κ1) is 12.6. The Morgan fingerprint density at radius 2 is 2.42 bits per heavy atom. The molecule has 1 aromatic rings. The molecule has 3 rings (SSSR count). The molecule has 0 aliphatic carbocycles. The fourth-order valence-electron chi connectivity index (χ4n) is 2.29. The molecular weight excluding hydrogens is 246 g/mol. The maximum absolute atomic E-state index is 11.9. The fraction of sp³-hybridized carbons (Fsp3) is 0.750. The van der Waals surface area contributed by atoms with Gasteiger partial charge in [0, 0.05) is 26.2 Å². The van der Waals surface area contributed by atoms with Crippen molar-refractivity contribution in [2.45, 2.75) is 31.4 Å². The summed E-state index contributed by atoms with van der Waals surface area (Å²) in [6.07, 6.45) is 5.16. The van der Waals surface area contributed by atoms with Gasteiger partial charge in [0.2, 0.25) is 0 Å². The van der Waals surface area contributed by atoms with Crippen molar-refractivity contribution < 1.29 is 9.53 Å². The number of aromatic nitrogens is 3. The van der Waals surface area contributed by atoms with Crippen LogP contribution in [0.1, 0.15) is 35.8 Å². The summed E-state index contributed by atoms with van der Waals surface area (Å²) in [6.45, 7) is 3.13. The monoisotopic (exact) mass is 265 g/mol. The van der Waals surface area contributed by atoms with Gasteiger partial charge >= 0.3 is 0 Å². The van der Waals surface area contributed by atoms with Crippen LogP contribution in [0.25, 0.3) is 0 Å². The Morgan fingerprint density at radius 1 is 1.53 bits per heavy atom. The van der Waals surface area contributed by atoms with E-state index in [1.54, 1.807) is 10.9 Å². The molecule has 0 aromatic carbocycles. The van der Waals surface area contributed by atoms with Gasteiger partial charge in [-0.25, -0.2) is 4.68 Å². The Morgan fingerprint density at radius 3 is 3.11 bits per heavy atom. The molecule has 1 unspecified atom stereocenters. The van der Waals surface area contributed by atoms with Crippen LogP contribution < -0.4 is 10.6 Å². The van der Waals surface area contributed by atoms with E-state index in [0.717, 1.165) is 32.5 Å². The van der Waals surface area contributed by atoms with Gasteiger partial charge in [0.05, 0.1) is 18.3 Å². The minimum atomic E-state index is -0.173. The summed E-state index contributed by atoms with van der Waals surface area (Å²) in [4.78, 5) is 11.9. The van der Waals surface area contributed by atoms with Gasteiger partial charge in [0.1, 0.15) is 0 Å². The lowest BCUT2D eigenvalue weighted by atomic mass is 10.1. The first-order chi connectivity index (χ1) is 9.33. The molecule has 2 aliphatic rings. The van der Waals surface area contributed by atoms with Gasteiger partial charge in [-0.1, -0.05) is 5.21 Å². The van der Waals surface area contributed by atoms with E-state index in [1.807, 2.05) is 0 Å². The molecule has 7 nitrogen and oxygen atoms in total. The quantitative estimate of drug-likeness (QED) is 0.782. The van der Waals surface area contributed by atoms with Crippen LogP contribution in [-0.2, 0) is 4.74 Å². The van der Waals surface area contributed by atoms with Gasteiger partial charge < -0.3 is 15.4 Å². The molecule has 104 valence electrons. The van der Waals surface area contributed by atoms with E-state index in [0.29, 0.717) is 18.3 Å². The molecule has 0 bridgehead atoms. The van der Waals surface area contributed by atoms with E-state index in [9.17, 15) is 4.79 Å². The molecular formula is C12H19N5O2. The SMILES string of the molecule is O=C(NCC1CCCCO1)c1cn(C2CNC2)nn1. The van der Waals surface area contributed by atoms with Crippen molar-refractivity contribution in [3.63, 3.8) is 0 Å². The zero-order valence-corrected chi connectivity index (χ0v) is 10.8. The standard InChI is InChI=1S/C12H19N5O2/c18-12(14-7-10-3-1-2-4-19-10)11-8-17(16-15-11)9-5-13-6-9/h8-10,13H,1-7H2,(H,14,18). The summed E-state index contributed by atoms with van der Waals surface area (Å²) in [5, 5.41) is 13.9. The van der Waals surface area contributed by atoms with Gasteiger partial charge in [-0.15, -0.1) is 5.10 Å². The maximum Gasteiger partial charge on any atom is 0.273 e. The molecule has 2 fully saturated rings. The van der Waals surface area contributed by atoms with Crippen LogP contribution >= 0.6 is 0 Å². The number of carbonyl (C=O) groups excluding carboxylic acids is 1. The van der Waals surface area contributed by atoms with Gasteiger partial charge in [-0.2, -0.15) is 0 Å². The summed E-state index contributed by atoms with van der Waals surface area (Å²) >= 11 is 0. The molecule has 0 spiro atoms. The number of nitrogens with one attached hydrogen (secondary N) is 2. The van der Waals surface area contributed by atoms with E-state index in [4.69, 9.17) is 4.74 Å². The van der Waals surface area contributed by atoms with Crippen LogP contribution in [0.2, 0.25) is 0 Å². The highest BCUT2D eigenvalue weighted by molar-refractivity contribution is 5.91. The van der Waals surface area contributed by atoms with Crippen LogP contribution in [0.5, 0.6) is 0 Å². The second-order valence-electron chi connectivity index (χ2n) is 5.09. The van der Waals surface area contributed by atoms with Crippen LogP contribution in [0.3, 0.4) is 0 Å². The molecule has 2 saturated heterocycles. The molecule has 19 heavy (non-hydrogen) atoms. The highest BCUT2D eigenvalue weighted by Gasteiger charge is 2.22. The van der Waals surface area contributed by atoms with E-state index in [2.05, 4.69) is 20.9 Å². The van der Waals surface area contributed by atoms with E-state index in [1.165, 1.54) is 6.42 Å². The second kappa shape index (κ2) is 5.66. The van der Waals surface area contributed by atoms with Crippen molar-refractivity contribution >= 4 is 5.91 Å². The number of nitrogens with zero attached hydrogens (tertiary/aromatic N) is 3. The van der Waals surface area contributed by atoms with Gasteiger partial charge in [0.15, 0.2) is 5.69 Å². The zero-order valence-electron chi connectivity index (χ0n) is 10.8. The lowest BCUT2D eigenvalue weighted by Crippen LogP contribution is -2.43. The highest BCUT2D eigenvalue weighted by atomic mass is 16.5. The third-order valence-electron chi connectivity index (χ3n) is 3.64. The van der Waals surface area contributed by atoms with Crippen molar-refractivity contribution in [2.75, 3.05) is 26.2 Å². The molecule has 0 saturated carbocycles. The summed E-state index contributed by atoms with van der Waals surface area (Å²) in [6, 6.07) is 0.329. The Labute approximate surface area is 111 Å². The molecule has 2 aliphatic heterocycles. The molecule has 3 heterocycles. The molecule has 1 amide bonds. The van der Waals surface area contributed by atoms with Gasteiger partial charge in [-0.05, 0) is 19.3 Å². The molecule has 1 aromatic heterocycles. The Bertz CT molecular complexity index is 437. The third-order valence-corrected chi connectivity index (χ3v) is 3.64. The summed E-state index contributed by atoms with van der Waals surface area (Å²) < 4.78 is 7.32. The smallest absolute Gasteiger partial charge is 0.273 e. The van der Waals surface area contributed by atoms with Crippen molar-refractivity contribution in [3.05, 3.63) is 11.9 Å². The van der Waals surface area contributed by atoms with Crippen molar-refractivity contribution in [1.82, 2.24) is 25.6 Å².